The number of ether oxygens (including phenoxy) is 4. The molecule has 0 aliphatic carbocycles. The van der Waals surface area contributed by atoms with Gasteiger partial charge in [-0.1, -0.05) is 37.0 Å². The van der Waals surface area contributed by atoms with Gasteiger partial charge in [0.2, 0.25) is 12.6 Å². The van der Waals surface area contributed by atoms with Crippen molar-refractivity contribution in [1.82, 2.24) is 14.9 Å². The molecule has 2 unspecified atom stereocenters. The Kier molecular flexibility index (Phi) is 14.1. The van der Waals surface area contributed by atoms with E-state index >= 15 is 0 Å². The van der Waals surface area contributed by atoms with E-state index in [1.165, 1.54) is 13.8 Å². The molecular formula is C33H47Cl2N3O8. The van der Waals surface area contributed by atoms with Crippen molar-refractivity contribution in [2.75, 3.05) is 0 Å². The second-order valence-electron chi connectivity index (χ2n) is 13.7. The van der Waals surface area contributed by atoms with Crippen molar-refractivity contribution >= 4 is 47.1 Å². The molecule has 0 bridgehead atoms. The highest BCUT2D eigenvalue weighted by atomic mass is 35.5. The molecule has 0 aliphatic rings. The van der Waals surface area contributed by atoms with Crippen LogP contribution in [0.25, 0.3) is 0 Å². The van der Waals surface area contributed by atoms with Crippen LogP contribution >= 0.6 is 23.2 Å². The summed E-state index contributed by atoms with van der Waals surface area (Å²) in [6, 6.07) is 3.09. The van der Waals surface area contributed by atoms with Gasteiger partial charge in [0.05, 0.1) is 17.2 Å². The van der Waals surface area contributed by atoms with Gasteiger partial charge in [-0.05, 0) is 77.6 Å². The number of nitrogens with one attached hydrogen (secondary N) is 1. The van der Waals surface area contributed by atoms with Gasteiger partial charge in [-0.2, -0.15) is 0 Å². The maximum atomic E-state index is 13.6. The van der Waals surface area contributed by atoms with Gasteiger partial charge in [-0.3, -0.25) is 24.5 Å². The van der Waals surface area contributed by atoms with Crippen molar-refractivity contribution in [3.8, 4) is 0 Å². The van der Waals surface area contributed by atoms with Crippen LogP contribution < -0.4 is 5.32 Å². The molecule has 0 saturated heterocycles. The smallest absolute Gasteiger partial charge is 0.326 e. The van der Waals surface area contributed by atoms with Crippen LogP contribution in [0.4, 0.5) is 0 Å². The summed E-state index contributed by atoms with van der Waals surface area (Å²) in [5.41, 5.74) is -0.161. The lowest BCUT2D eigenvalue weighted by atomic mass is 9.97. The summed E-state index contributed by atoms with van der Waals surface area (Å²) in [4.78, 5) is 56.0. The molecule has 2 aromatic rings. The zero-order valence-corrected chi connectivity index (χ0v) is 29.8. The normalized spacial score (nSPS) is 14.6. The summed E-state index contributed by atoms with van der Waals surface area (Å²) in [5, 5.41) is 4.05. The van der Waals surface area contributed by atoms with Crippen molar-refractivity contribution in [3.05, 3.63) is 52.0 Å². The lowest BCUT2D eigenvalue weighted by Crippen LogP contribution is -2.51. The first-order chi connectivity index (χ1) is 21.1. The number of nitrogens with zero attached hydrogens (tertiary/aromatic N) is 2. The molecule has 0 radical (unpaired) electrons. The molecule has 1 heterocycles. The van der Waals surface area contributed by atoms with E-state index in [4.69, 9.17) is 42.1 Å². The van der Waals surface area contributed by atoms with Crippen molar-refractivity contribution in [3.63, 3.8) is 0 Å². The Labute approximate surface area is 281 Å². The van der Waals surface area contributed by atoms with Crippen molar-refractivity contribution in [1.29, 1.82) is 0 Å². The highest BCUT2D eigenvalue weighted by Gasteiger charge is 2.34. The molecule has 0 aliphatic heterocycles. The Morgan fingerprint density at radius 1 is 0.783 bits per heavy atom. The maximum Gasteiger partial charge on any atom is 0.326 e. The third-order valence-electron chi connectivity index (χ3n) is 6.50. The third kappa shape index (κ3) is 12.9. The van der Waals surface area contributed by atoms with Crippen molar-refractivity contribution in [2.24, 2.45) is 16.7 Å². The predicted octanol–water partition coefficient (Wildman–Crippen LogP) is 6.11. The Morgan fingerprint density at radius 2 is 1.26 bits per heavy atom. The summed E-state index contributed by atoms with van der Waals surface area (Å²) >= 11 is 12.4. The average Bonchev–Trinajstić information content (AvgIpc) is 3.31. The fourth-order valence-electron chi connectivity index (χ4n) is 4.12. The van der Waals surface area contributed by atoms with E-state index in [0.717, 1.165) is 5.56 Å². The molecule has 0 spiro atoms. The Bertz CT molecular complexity index is 1340. The van der Waals surface area contributed by atoms with Crippen molar-refractivity contribution in [2.45, 2.75) is 113 Å². The molecule has 2 rings (SSSR count). The van der Waals surface area contributed by atoms with E-state index in [0.29, 0.717) is 22.3 Å². The van der Waals surface area contributed by atoms with Crippen LogP contribution in [0.2, 0.25) is 10.0 Å². The second-order valence-corrected chi connectivity index (χ2v) is 14.6. The standard InChI is InChI=1S/C33H47Cl2N3O8/c1-19(2)11-26(28(39)43-20(3)45-30(41)32(5,6)7)37-27(29(40)44-21(4)46-31(42)33(8,9)10)15-25-16-36-18-38(25)17-22-12-23(34)14-24(35)13-22/h12-14,16,18-21,26-27,37H,11,15,17H2,1-10H3/t20?,21?,26-,27-/m0/s1. The lowest BCUT2D eigenvalue weighted by Gasteiger charge is -2.28. The fraction of sp³-hybridized carbons (Fsp3) is 0.606. The molecular weight excluding hydrogens is 637 g/mol. The second kappa shape index (κ2) is 16.6. The zero-order chi connectivity index (χ0) is 35.0. The molecule has 4 atom stereocenters. The number of carbonyl (C=O) groups is 4. The van der Waals surface area contributed by atoms with Crippen LogP contribution in [0, 0.1) is 16.7 Å². The summed E-state index contributed by atoms with van der Waals surface area (Å²) in [5.74, 6) is -2.54. The first kappa shape index (κ1) is 39.0. The summed E-state index contributed by atoms with van der Waals surface area (Å²) in [6.45, 7) is 17.2. The number of benzene rings is 1. The van der Waals surface area contributed by atoms with Crippen LogP contribution in [0.15, 0.2) is 30.7 Å². The number of hydrogen-bond donors (Lipinski definition) is 1. The molecule has 11 nitrogen and oxygen atoms in total. The molecule has 1 N–H and O–H groups in total. The predicted molar refractivity (Wildman–Crippen MR) is 174 cm³/mol. The summed E-state index contributed by atoms with van der Waals surface area (Å²) in [7, 11) is 0. The van der Waals surface area contributed by atoms with Gasteiger partial charge in [-0.25, -0.2) is 4.98 Å². The van der Waals surface area contributed by atoms with Gasteiger partial charge in [0, 0.05) is 48.7 Å². The number of imidazole rings is 1. The molecule has 0 saturated carbocycles. The van der Waals surface area contributed by atoms with Gasteiger partial charge in [0.1, 0.15) is 12.1 Å². The van der Waals surface area contributed by atoms with E-state index in [1.807, 2.05) is 18.4 Å². The number of rotatable bonds is 14. The number of esters is 4. The minimum Gasteiger partial charge on any atom is -0.425 e. The monoisotopic (exact) mass is 683 g/mol. The Balaban J connectivity index is 2.36. The van der Waals surface area contributed by atoms with Gasteiger partial charge in [-0.15, -0.1) is 0 Å². The minimum absolute atomic E-state index is 0.0129. The lowest BCUT2D eigenvalue weighted by molar-refractivity contribution is -0.192. The first-order valence-corrected chi connectivity index (χ1v) is 15.9. The quantitative estimate of drug-likeness (QED) is 0.183. The Morgan fingerprint density at radius 3 is 1.72 bits per heavy atom. The zero-order valence-electron chi connectivity index (χ0n) is 28.3. The van der Waals surface area contributed by atoms with E-state index in [-0.39, 0.29) is 18.8 Å². The van der Waals surface area contributed by atoms with Crippen LogP contribution in [0.1, 0.15) is 86.9 Å². The highest BCUT2D eigenvalue weighted by molar-refractivity contribution is 6.34. The van der Waals surface area contributed by atoms with Crippen LogP contribution in [-0.4, -0.2) is 58.1 Å². The average molecular weight is 685 g/mol. The summed E-state index contributed by atoms with van der Waals surface area (Å²) < 4.78 is 23.5. The number of halogens is 2. The van der Waals surface area contributed by atoms with Gasteiger partial charge < -0.3 is 23.5 Å². The van der Waals surface area contributed by atoms with Gasteiger partial charge in [0.25, 0.3) is 0 Å². The number of carbonyl (C=O) groups excluding carboxylic acids is 4. The number of aromatic nitrogens is 2. The SMILES string of the molecule is CC(C)C[C@H](N[C@@H](Cc1cncn1Cc1cc(Cl)cc(Cl)c1)C(=O)OC(C)OC(=O)C(C)(C)C)C(=O)OC(C)OC(=O)C(C)(C)C. The van der Waals surface area contributed by atoms with Gasteiger partial charge in [0.15, 0.2) is 0 Å². The molecule has 1 aromatic carbocycles. The molecule has 0 amide bonds. The summed E-state index contributed by atoms with van der Waals surface area (Å²) in [6.07, 6.45) is 1.17. The molecule has 0 fully saturated rings. The molecule has 46 heavy (non-hydrogen) atoms. The van der Waals surface area contributed by atoms with Crippen LogP contribution in [-0.2, 0) is 51.1 Å². The minimum atomic E-state index is -1.20. The van der Waals surface area contributed by atoms with E-state index < -0.39 is 59.4 Å². The van der Waals surface area contributed by atoms with Crippen LogP contribution in [0.3, 0.4) is 0 Å². The molecule has 13 heteroatoms. The first-order valence-electron chi connectivity index (χ1n) is 15.2. The van der Waals surface area contributed by atoms with Crippen molar-refractivity contribution < 1.29 is 38.1 Å². The van der Waals surface area contributed by atoms with E-state index in [1.54, 1.807) is 72.3 Å². The van der Waals surface area contributed by atoms with E-state index in [9.17, 15) is 19.2 Å². The molecule has 1 aromatic heterocycles. The third-order valence-corrected chi connectivity index (χ3v) is 6.94. The maximum absolute atomic E-state index is 13.6. The topological polar surface area (TPSA) is 135 Å². The largest absolute Gasteiger partial charge is 0.425 e. The highest BCUT2D eigenvalue weighted by Crippen LogP contribution is 2.22. The van der Waals surface area contributed by atoms with E-state index in [2.05, 4.69) is 10.3 Å². The number of hydrogen-bond acceptors (Lipinski definition) is 10. The molecule has 256 valence electrons. The van der Waals surface area contributed by atoms with Crippen LogP contribution in [0.5, 0.6) is 0 Å². The Hall–Kier alpha value is -3.15. The fourth-order valence-corrected chi connectivity index (χ4v) is 4.69. The van der Waals surface area contributed by atoms with Gasteiger partial charge >= 0.3 is 23.9 Å².